The Morgan fingerprint density at radius 3 is 2.88 bits per heavy atom. The lowest BCUT2D eigenvalue weighted by Crippen LogP contribution is -2.54. The highest BCUT2D eigenvalue weighted by molar-refractivity contribution is 5.86. The smallest absolute Gasteiger partial charge is 0.119 e. The Morgan fingerprint density at radius 1 is 1.23 bits per heavy atom. The predicted molar refractivity (Wildman–Crippen MR) is 101 cm³/mol. The predicted octanol–water partition coefficient (Wildman–Crippen LogP) is 3.41. The van der Waals surface area contributed by atoms with Crippen LogP contribution < -0.4 is 10.1 Å². The maximum atomic E-state index is 5.52. The van der Waals surface area contributed by atoms with Crippen molar-refractivity contribution in [2.24, 2.45) is 0 Å². The summed E-state index contributed by atoms with van der Waals surface area (Å²) in [6, 6.07) is 10.4. The van der Waals surface area contributed by atoms with Crippen LogP contribution in [0.2, 0.25) is 0 Å². The molecule has 5 heteroatoms. The first kappa shape index (κ1) is 16.0. The zero-order chi connectivity index (χ0) is 17.6. The molecule has 1 saturated heterocycles. The van der Waals surface area contributed by atoms with E-state index in [4.69, 9.17) is 9.15 Å². The summed E-state index contributed by atoms with van der Waals surface area (Å²) in [7, 11) is 1.73. The van der Waals surface area contributed by atoms with Crippen LogP contribution in [0.1, 0.15) is 29.9 Å². The number of nitrogens with one attached hydrogen (secondary N) is 2. The van der Waals surface area contributed by atoms with Crippen molar-refractivity contribution in [3.8, 4) is 5.75 Å². The first-order valence-corrected chi connectivity index (χ1v) is 9.46. The number of nitrogens with zero attached hydrogens (tertiary/aromatic N) is 1. The van der Waals surface area contributed by atoms with Crippen LogP contribution in [-0.4, -0.2) is 36.6 Å². The fraction of sp³-hybridized carbons (Fsp3) is 0.429. The van der Waals surface area contributed by atoms with E-state index in [2.05, 4.69) is 33.4 Å². The Morgan fingerprint density at radius 2 is 2.12 bits per heavy atom. The van der Waals surface area contributed by atoms with Crippen LogP contribution in [0.25, 0.3) is 10.9 Å². The molecule has 5 nitrogen and oxygen atoms in total. The molecule has 3 aromatic rings. The zero-order valence-electron chi connectivity index (χ0n) is 15.2. The summed E-state index contributed by atoms with van der Waals surface area (Å²) in [5, 5.41) is 5.16. The van der Waals surface area contributed by atoms with Crippen molar-refractivity contribution in [1.82, 2.24) is 15.2 Å². The molecule has 5 rings (SSSR count). The van der Waals surface area contributed by atoms with Crippen molar-refractivity contribution in [1.29, 1.82) is 0 Å². The van der Waals surface area contributed by atoms with E-state index in [9.17, 15) is 0 Å². The molecule has 0 radical (unpaired) electrons. The van der Waals surface area contributed by atoms with E-state index >= 15 is 0 Å². The van der Waals surface area contributed by atoms with Crippen LogP contribution in [0.15, 0.2) is 41.0 Å². The Bertz CT molecular complexity index is 905. The molecular weight excluding hydrogens is 326 g/mol. The number of H-pyrrole nitrogens is 1. The highest BCUT2D eigenvalue weighted by Crippen LogP contribution is 2.41. The van der Waals surface area contributed by atoms with E-state index in [1.165, 1.54) is 22.2 Å². The summed E-state index contributed by atoms with van der Waals surface area (Å²) in [6.45, 7) is 4.09. The van der Waals surface area contributed by atoms with Gasteiger partial charge in [-0.1, -0.05) is 0 Å². The first-order chi connectivity index (χ1) is 12.8. The molecule has 0 atom stereocenters. The van der Waals surface area contributed by atoms with Gasteiger partial charge >= 0.3 is 0 Å². The lowest BCUT2D eigenvalue weighted by Gasteiger charge is -2.44. The van der Waals surface area contributed by atoms with Gasteiger partial charge in [-0.15, -0.1) is 0 Å². The van der Waals surface area contributed by atoms with E-state index in [1.54, 1.807) is 13.4 Å². The van der Waals surface area contributed by atoms with Gasteiger partial charge in [0.05, 0.1) is 25.5 Å². The normalized spacial score (nSPS) is 19.7. The number of methoxy groups -OCH3 is 1. The fourth-order valence-corrected chi connectivity index (χ4v) is 4.68. The fourth-order valence-electron chi connectivity index (χ4n) is 4.68. The van der Waals surface area contributed by atoms with Gasteiger partial charge in [-0.3, -0.25) is 4.90 Å². The van der Waals surface area contributed by atoms with Gasteiger partial charge in [-0.05, 0) is 55.2 Å². The van der Waals surface area contributed by atoms with Gasteiger partial charge in [0.15, 0.2) is 0 Å². The molecule has 4 heterocycles. The maximum Gasteiger partial charge on any atom is 0.119 e. The van der Waals surface area contributed by atoms with E-state index in [1.807, 2.05) is 12.1 Å². The summed E-state index contributed by atoms with van der Waals surface area (Å²) in [4.78, 5) is 6.22. The van der Waals surface area contributed by atoms with Gasteiger partial charge in [-0.25, -0.2) is 0 Å². The number of benzene rings is 1. The number of rotatable bonds is 3. The van der Waals surface area contributed by atoms with Crippen LogP contribution in [0.3, 0.4) is 0 Å². The number of aromatic nitrogens is 1. The van der Waals surface area contributed by atoms with Crippen molar-refractivity contribution in [2.75, 3.05) is 26.7 Å². The van der Waals surface area contributed by atoms with E-state index in [0.717, 1.165) is 57.0 Å². The van der Waals surface area contributed by atoms with Crippen LogP contribution in [0.4, 0.5) is 0 Å². The quantitative estimate of drug-likeness (QED) is 0.759. The summed E-state index contributed by atoms with van der Waals surface area (Å²) in [6.07, 6.45) is 5.06. The molecule has 0 saturated carbocycles. The molecule has 1 spiro atoms. The number of hydrogen-bond acceptors (Lipinski definition) is 4. The molecule has 1 aromatic carbocycles. The van der Waals surface area contributed by atoms with Crippen LogP contribution in [0, 0.1) is 0 Å². The molecule has 0 unspecified atom stereocenters. The third kappa shape index (κ3) is 2.54. The number of likely N-dealkylation sites (tertiary alicyclic amines) is 1. The molecule has 0 amide bonds. The molecule has 2 aliphatic rings. The van der Waals surface area contributed by atoms with E-state index < -0.39 is 0 Å². The Hall–Kier alpha value is -2.24. The number of furan rings is 1. The van der Waals surface area contributed by atoms with Gasteiger partial charge in [0.1, 0.15) is 11.5 Å². The Labute approximate surface area is 153 Å². The van der Waals surface area contributed by atoms with Crippen molar-refractivity contribution < 1.29 is 9.15 Å². The number of hydrogen-bond donors (Lipinski definition) is 2. The highest BCUT2D eigenvalue weighted by atomic mass is 16.5. The second-order valence-corrected chi connectivity index (χ2v) is 7.50. The van der Waals surface area contributed by atoms with Crippen LogP contribution >= 0.6 is 0 Å². The molecule has 26 heavy (non-hydrogen) atoms. The maximum absolute atomic E-state index is 5.52. The monoisotopic (exact) mass is 351 g/mol. The lowest BCUT2D eigenvalue weighted by molar-refractivity contribution is 0.115. The van der Waals surface area contributed by atoms with Crippen molar-refractivity contribution in [2.45, 2.75) is 31.3 Å². The number of piperidine rings is 1. The zero-order valence-corrected chi connectivity index (χ0v) is 15.2. The largest absolute Gasteiger partial charge is 0.497 e. The minimum absolute atomic E-state index is 0.0690. The van der Waals surface area contributed by atoms with Crippen LogP contribution in [-0.2, 0) is 18.5 Å². The number of ether oxygens (including phenoxy) is 1. The van der Waals surface area contributed by atoms with Crippen LogP contribution in [0.5, 0.6) is 5.75 Å². The molecule has 1 fully saturated rings. The standard InChI is InChI=1S/C21H25N3O2/c1-25-15-4-5-19-18(13-15)17-6-9-22-21(20(17)23-19)7-10-24(11-8-21)14-16-3-2-12-26-16/h2-5,12-13,22-23H,6-11,14H2,1H3. The van der Waals surface area contributed by atoms with Crippen molar-refractivity contribution in [3.63, 3.8) is 0 Å². The number of aromatic amines is 1. The van der Waals surface area contributed by atoms with Gasteiger partial charge < -0.3 is 19.5 Å². The van der Waals surface area contributed by atoms with Gasteiger partial charge in [0.2, 0.25) is 0 Å². The second-order valence-electron chi connectivity index (χ2n) is 7.50. The minimum Gasteiger partial charge on any atom is -0.497 e. The summed E-state index contributed by atoms with van der Waals surface area (Å²) in [5.41, 5.74) is 4.15. The lowest BCUT2D eigenvalue weighted by atomic mass is 9.79. The molecular formula is C21H25N3O2. The molecule has 2 aromatic heterocycles. The SMILES string of the molecule is COc1ccc2[nH]c3c(c2c1)CCNC31CCN(Cc2ccco2)CC1. The van der Waals surface area contributed by atoms with Gasteiger partial charge in [0, 0.05) is 36.2 Å². The molecule has 136 valence electrons. The summed E-state index contributed by atoms with van der Waals surface area (Å²) in [5.74, 6) is 1.98. The molecule has 0 bridgehead atoms. The van der Waals surface area contributed by atoms with Crippen molar-refractivity contribution in [3.05, 3.63) is 53.6 Å². The third-order valence-electron chi connectivity index (χ3n) is 6.10. The van der Waals surface area contributed by atoms with Gasteiger partial charge in [0.25, 0.3) is 0 Å². The summed E-state index contributed by atoms with van der Waals surface area (Å²) >= 11 is 0. The second kappa shape index (κ2) is 6.18. The number of fused-ring (bicyclic) bond motifs is 4. The summed E-state index contributed by atoms with van der Waals surface area (Å²) < 4.78 is 11.0. The molecule has 0 aliphatic carbocycles. The topological polar surface area (TPSA) is 53.4 Å². The minimum atomic E-state index is 0.0690. The average molecular weight is 351 g/mol. The molecule has 2 N–H and O–H groups in total. The third-order valence-corrected chi connectivity index (χ3v) is 6.10. The average Bonchev–Trinajstić information content (AvgIpc) is 3.32. The van der Waals surface area contributed by atoms with E-state index in [0.29, 0.717) is 0 Å². The first-order valence-electron chi connectivity index (χ1n) is 9.46. The Balaban J connectivity index is 1.43. The van der Waals surface area contributed by atoms with E-state index in [-0.39, 0.29) is 5.54 Å². The van der Waals surface area contributed by atoms with Crippen molar-refractivity contribution >= 4 is 10.9 Å². The van der Waals surface area contributed by atoms with Gasteiger partial charge in [-0.2, -0.15) is 0 Å². The highest BCUT2D eigenvalue weighted by Gasteiger charge is 2.41. The molecule has 2 aliphatic heterocycles. The Kier molecular flexibility index (Phi) is 3.80.